The Bertz CT molecular complexity index is 3790. The minimum absolute atomic E-state index is 0.0940. The van der Waals surface area contributed by atoms with Gasteiger partial charge >= 0.3 is 11.9 Å². The summed E-state index contributed by atoms with van der Waals surface area (Å²) in [4.78, 5) is 55.8. The molecule has 12 nitrogen and oxygen atoms in total. The monoisotopic (exact) mass is 1300 g/mol. The summed E-state index contributed by atoms with van der Waals surface area (Å²) in [6.07, 6.45) is 1.24. The zero-order chi connectivity index (χ0) is 62.1. The molecule has 12 rings (SSSR count). The molecule has 2 amide bonds. The van der Waals surface area contributed by atoms with Crippen LogP contribution in [-0.2, 0) is 29.5 Å². The van der Waals surface area contributed by atoms with Gasteiger partial charge in [-0.25, -0.2) is 61.4 Å². The van der Waals surface area contributed by atoms with E-state index in [-0.39, 0.29) is 87.6 Å². The molecule has 2 aliphatic heterocycles. The number of ether oxygens (including phenoxy) is 2. The van der Waals surface area contributed by atoms with E-state index in [4.69, 9.17) is 55.9 Å². The number of halogens is 10. The van der Waals surface area contributed by atoms with Crippen LogP contribution in [0, 0.1) is 68.4 Å². The Hall–Kier alpha value is -6.16. The van der Waals surface area contributed by atoms with Crippen LogP contribution in [0.25, 0.3) is 0 Å². The van der Waals surface area contributed by atoms with Crippen LogP contribution in [0.4, 0.5) is 26.3 Å². The van der Waals surface area contributed by atoms with Gasteiger partial charge in [0.15, 0.2) is 47.1 Å². The molecule has 0 unspecified atom stereocenters. The number of carbonyl (C=O) groups excluding carboxylic acids is 4. The first-order valence-corrected chi connectivity index (χ1v) is 32.0. The lowest BCUT2D eigenvalue weighted by Crippen LogP contribution is -2.44. The number of carbonyl (C=O) groups is 4. The van der Waals surface area contributed by atoms with Gasteiger partial charge in [0.25, 0.3) is 11.8 Å². The second kappa shape index (κ2) is 21.9. The number of amides is 2. The minimum atomic E-state index is -4.06. The fraction of sp³-hybridized carbons (Fsp3) is 0.355. The van der Waals surface area contributed by atoms with Crippen molar-refractivity contribution in [1.29, 1.82) is 0 Å². The molecule has 4 saturated carbocycles. The van der Waals surface area contributed by atoms with E-state index in [1.165, 1.54) is 24.3 Å². The van der Waals surface area contributed by atoms with E-state index in [1.807, 2.05) is 27.7 Å². The summed E-state index contributed by atoms with van der Waals surface area (Å²) in [5, 5.41) is -0.406. The van der Waals surface area contributed by atoms with Crippen molar-refractivity contribution in [3.8, 4) is 0 Å². The average molecular weight is 1310 g/mol. The molecule has 452 valence electrons. The van der Waals surface area contributed by atoms with Crippen LogP contribution in [0.15, 0.2) is 109 Å². The second-order valence-corrected chi connectivity index (χ2v) is 29.4. The van der Waals surface area contributed by atoms with Crippen LogP contribution >= 0.6 is 46.4 Å². The van der Waals surface area contributed by atoms with Crippen LogP contribution in [0.2, 0.25) is 20.1 Å². The molecular formula is C62H52Cl4F6N2O10S2. The van der Waals surface area contributed by atoms with Crippen molar-refractivity contribution in [3.05, 3.63) is 209 Å². The van der Waals surface area contributed by atoms with Crippen molar-refractivity contribution in [2.75, 3.05) is 11.5 Å². The summed E-state index contributed by atoms with van der Waals surface area (Å²) < 4.78 is 152. The van der Waals surface area contributed by atoms with E-state index < -0.39 is 114 Å². The van der Waals surface area contributed by atoms with Gasteiger partial charge in [-0.05, 0) is 121 Å². The molecule has 0 aromatic heterocycles. The van der Waals surface area contributed by atoms with Crippen LogP contribution in [0.1, 0.15) is 142 Å². The van der Waals surface area contributed by atoms with Crippen molar-refractivity contribution in [2.24, 2.45) is 33.5 Å². The van der Waals surface area contributed by atoms with E-state index in [0.29, 0.717) is 61.1 Å². The molecule has 6 fully saturated rings. The van der Waals surface area contributed by atoms with Crippen molar-refractivity contribution in [3.63, 3.8) is 0 Å². The Labute approximate surface area is 511 Å². The number of benzene rings is 6. The molecule has 4 bridgehead atoms. The third-order valence-electron chi connectivity index (χ3n) is 19.5. The van der Waals surface area contributed by atoms with E-state index >= 15 is 0 Å². The smallest absolute Gasteiger partial charge is 0.339 e. The highest BCUT2D eigenvalue weighted by atomic mass is 35.5. The second-order valence-electron chi connectivity index (χ2n) is 24.1. The van der Waals surface area contributed by atoms with Gasteiger partial charge in [0.05, 0.1) is 65.9 Å². The Morgan fingerprint density at radius 3 is 1.08 bits per heavy atom. The van der Waals surface area contributed by atoms with Gasteiger partial charge in [-0.1, -0.05) is 135 Å². The first kappa shape index (κ1) is 61.5. The molecule has 2 spiro atoms. The number of sulfonamides is 2. The maximum Gasteiger partial charge on any atom is 0.339 e. The number of rotatable bonds is 10. The SMILES string of the molecule is CC1(C)[C@@H]2CC[C@]13CS(=O)(=O)N(C(=O)c1cc(Cl)c(Cl)cc1C(=O)O[C@@H](c1ccccc1)c1cc(F)c(F)c(F)c1)[C@@H]3C2.CC1(C)[C@@H]2CC[C@]13CS(=O)(=O)N(C(=O)c1cc(Cl)c(Cl)cc1C(=O)O[C@@H](c1ccccc1)c1cc(F)c(F)c(F)c1)[C@@H]3C2. The van der Waals surface area contributed by atoms with Crippen molar-refractivity contribution in [1.82, 2.24) is 8.61 Å². The van der Waals surface area contributed by atoms with Crippen molar-refractivity contribution >= 4 is 90.2 Å². The molecule has 24 heteroatoms. The first-order valence-electron chi connectivity index (χ1n) is 27.3. The summed E-state index contributed by atoms with van der Waals surface area (Å²) in [6.45, 7) is 8.17. The van der Waals surface area contributed by atoms with Crippen LogP contribution in [0.5, 0.6) is 0 Å². The molecular weight excluding hydrogens is 1250 g/mol. The zero-order valence-corrected chi connectivity index (χ0v) is 50.7. The van der Waals surface area contributed by atoms with Gasteiger partial charge in [-0.15, -0.1) is 0 Å². The van der Waals surface area contributed by atoms with Gasteiger partial charge in [0, 0.05) is 22.0 Å². The van der Waals surface area contributed by atoms with E-state index in [0.717, 1.165) is 45.7 Å². The van der Waals surface area contributed by atoms with Gasteiger partial charge in [-0.2, -0.15) is 0 Å². The highest BCUT2D eigenvalue weighted by Gasteiger charge is 2.74. The fourth-order valence-electron chi connectivity index (χ4n) is 14.8. The standard InChI is InChI=1S/2C31H26Cl2F3NO5S/c2*1-30(2)18-8-9-31(30)15-43(40,41)37(25(31)12-18)28(38)19-13-21(32)22(33)14-20(19)29(39)42-27(16-6-4-3-5-7-16)17-10-23(34)26(36)24(35)11-17/h2*3-7,10-11,13-14,18,25,27H,8-9,12,15H2,1-2H3/t2*18-,25-,27+,31-/m11/s1. The molecule has 0 N–H and O–H groups in total. The third kappa shape index (κ3) is 9.87. The van der Waals surface area contributed by atoms with Crippen LogP contribution in [0.3, 0.4) is 0 Å². The van der Waals surface area contributed by atoms with Crippen molar-refractivity contribution < 1.29 is 71.8 Å². The number of hydrogen-bond acceptors (Lipinski definition) is 10. The van der Waals surface area contributed by atoms with E-state index in [9.17, 15) is 62.4 Å². The van der Waals surface area contributed by atoms with Gasteiger partial charge in [0.2, 0.25) is 20.0 Å². The fourth-order valence-corrected chi connectivity index (χ4v) is 20.5. The highest BCUT2D eigenvalue weighted by Crippen LogP contribution is 2.71. The summed E-state index contributed by atoms with van der Waals surface area (Å²) in [6, 6.07) is 22.0. The quantitative estimate of drug-likeness (QED) is 0.0733. The molecule has 2 heterocycles. The summed E-state index contributed by atoms with van der Waals surface area (Å²) >= 11 is 25.0. The number of fused-ring (bicyclic) bond motifs is 2. The zero-order valence-electron chi connectivity index (χ0n) is 46.1. The molecule has 86 heavy (non-hydrogen) atoms. The molecule has 4 aliphatic carbocycles. The first-order chi connectivity index (χ1) is 40.4. The van der Waals surface area contributed by atoms with Crippen LogP contribution < -0.4 is 0 Å². The summed E-state index contributed by atoms with van der Waals surface area (Å²) in [7, 11) is -8.12. The maximum absolute atomic E-state index is 14.2. The Morgan fingerprint density at radius 2 is 0.779 bits per heavy atom. The van der Waals surface area contributed by atoms with Gasteiger partial charge < -0.3 is 9.47 Å². The van der Waals surface area contributed by atoms with Crippen molar-refractivity contribution in [2.45, 2.75) is 90.5 Å². The lowest BCUT2D eigenvalue weighted by Gasteiger charge is -2.37. The Balaban J connectivity index is 0.000000179. The van der Waals surface area contributed by atoms with Gasteiger partial charge in [0.1, 0.15) is 0 Å². The summed E-state index contributed by atoms with van der Waals surface area (Å²) in [5.41, 5.74) is -3.13. The lowest BCUT2D eigenvalue weighted by molar-refractivity contribution is 0.0364. The largest absolute Gasteiger partial charge is 0.449 e. The number of esters is 2. The lowest BCUT2D eigenvalue weighted by atomic mass is 9.69. The van der Waals surface area contributed by atoms with Gasteiger partial charge in [-0.3, -0.25) is 9.59 Å². The topological polar surface area (TPSA) is 162 Å². The third-order valence-corrected chi connectivity index (χ3v) is 24.8. The predicted molar refractivity (Wildman–Crippen MR) is 308 cm³/mol. The Morgan fingerprint density at radius 1 is 0.477 bits per heavy atom. The number of nitrogens with zero attached hydrogens (tertiary/aromatic N) is 2. The molecule has 6 aromatic rings. The van der Waals surface area contributed by atoms with E-state index in [2.05, 4.69) is 0 Å². The normalized spacial score (nSPS) is 25.4. The molecule has 6 aromatic carbocycles. The van der Waals surface area contributed by atoms with Crippen LogP contribution in [-0.4, -0.2) is 72.8 Å². The average Bonchev–Trinajstić information content (AvgIpc) is 1.53. The molecule has 6 aliphatic rings. The highest BCUT2D eigenvalue weighted by molar-refractivity contribution is 7.90. The molecule has 8 atom stereocenters. The Kier molecular flexibility index (Phi) is 15.6. The molecule has 2 saturated heterocycles. The maximum atomic E-state index is 14.2. The summed E-state index contributed by atoms with van der Waals surface area (Å²) in [5.74, 6) is -13.4. The van der Waals surface area contributed by atoms with E-state index in [1.54, 1.807) is 36.4 Å². The number of hydrogen-bond donors (Lipinski definition) is 0. The minimum Gasteiger partial charge on any atom is -0.449 e. The predicted octanol–water partition coefficient (Wildman–Crippen LogP) is 14.7. The molecule has 0 radical (unpaired) electrons.